The molecule has 0 bridgehead atoms. The molecule has 1 atom stereocenters. The topological polar surface area (TPSA) is 88.2 Å². The predicted octanol–water partition coefficient (Wildman–Crippen LogP) is 2.20. The van der Waals surface area contributed by atoms with E-state index >= 15 is 0 Å². The van der Waals surface area contributed by atoms with Crippen LogP contribution in [0.3, 0.4) is 0 Å². The van der Waals surface area contributed by atoms with Gasteiger partial charge in [-0.15, -0.1) is 0 Å². The molecule has 2 aromatic rings. The van der Waals surface area contributed by atoms with Gasteiger partial charge in [-0.1, -0.05) is 6.07 Å². The van der Waals surface area contributed by atoms with E-state index in [0.29, 0.717) is 12.2 Å². The number of rotatable bonds is 6. The number of methoxy groups -OCH3 is 1. The lowest BCUT2D eigenvalue weighted by Crippen LogP contribution is -2.60. The summed E-state index contributed by atoms with van der Waals surface area (Å²) in [5.41, 5.74) is -0.654. The molecule has 1 spiro atoms. The number of carbonyl (C=O) groups excluding carboxylic acids is 3. The summed E-state index contributed by atoms with van der Waals surface area (Å²) in [5.74, 6) is -2.17. The molecule has 2 heterocycles. The van der Waals surface area contributed by atoms with Gasteiger partial charge in [-0.2, -0.15) is 0 Å². The molecular weight excluding hydrogens is 460 g/mol. The van der Waals surface area contributed by atoms with Crippen LogP contribution >= 0.6 is 0 Å². The molecule has 0 saturated carbocycles. The number of likely N-dealkylation sites (tertiary alicyclic amines) is 1. The zero-order chi connectivity index (χ0) is 25.0. The quantitative estimate of drug-likeness (QED) is 0.632. The van der Waals surface area contributed by atoms with Gasteiger partial charge >= 0.3 is 0 Å². The molecule has 2 aliphatic rings. The van der Waals surface area contributed by atoms with Crippen molar-refractivity contribution >= 4 is 17.7 Å². The Morgan fingerprint density at radius 1 is 1.03 bits per heavy atom. The minimum atomic E-state index is -1.12. The molecule has 0 aliphatic carbocycles. The number of piperidine rings is 1. The van der Waals surface area contributed by atoms with Gasteiger partial charge in [0.2, 0.25) is 5.91 Å². The van der Waals surface area contributed by atoms with Crippen molar-refractivity contribution in [2.24, 2.45) is 0 Å². The van der Waals surface area contributed by atoms with Crippen LogP contribution in [0.5, 0.6) is 0 Å². The number of carbonyl (C=O) groups is 3. The Kier molecular flexibility index (Phi) is 7.42. The molecular formula is C25H27F2N3O5. The van der Waals surface area contributed by atoms with Crippen molar-refractivity contribution in [2.75, 3.05) is 40.0 Å². The fourth-order valence-corrected chi connectivity index (χ4v) is 4.56. The summed E-state index contributed by atoms with van der Waals surface area (Å²) in [4.78, 5) is 42.4. The largest absolute Gasteiger partial charge is 0.383 e. The van der Waals surface area contributed by atoms with Crippen LogP contribution in [0.1, 0.15) is 33.6 Å². The molecule has 3 amide bonds. The predicted molar refractivity (Wildman–Crippen MR) is 121 cm³/mol. The average molecular weight is 488 g/mol. The first-order valence-corrected chi connectivity index (χ1v) is 11.4. The Labute approximate surface area is 201 Å². The van der Waals surface area contributed by atoms with Gasteiger partial charge in [0.05, 0.1) is 13.2 Å². The summed E-state index contributed by atoms with van der Waals surface area (Å²) < 4.78 is 38.2. The van der Waals surface area contributed by atoms with Crippen LogP contribution in [0.15, 0.2) is 48.5 Å². The van der Waals surface area contributed by atoms with E-state index in [0.717, 1.165) is 6.07 Å². The molecule has 1 unspecified atom stereocenters. The lowest BCUT2D eigenvalue weighted by atomic mass is 9.96. The Morgan fingerprint density at radius 2 is 1.74 bits per heavy atom. The molecule has 2 aliphatic heterocycles. The van der Waals surface area contributed by atoms with Crippen molar-refractivity contribution in [3.8, 4) is 0 Å². The minimum absolute atomic E-state index is 0.0220. The van der Waals surface area contributed by atoms with Gasteiger partial charge in [0, 0.05) is 50.7 Å². The fourth-order valence-electron chi connectivity index (χ4n) is 4.56. The molecule has 35 heavy (non-hydrogen) atoms. The normalized spacial score (nSPS) is 19.1. The third kappa shape index (κ3) is 5.18. The summed E-state index contributed by atoms with van der Waals surface area (Å²) in [6.45, 7) is 1.08. The number of hydrogen-bond donors (Lipinski definition) is 1. The zero-order valence-electron chi connectivity index (χ0n) is 19.3. The molecule has 4 rings (SSSR count). The van der Waals surface area contributed by atoms with Crippen molar-refractivity contribution in [2.45, 2.75) is 24.6 Å². The maximum atomic E-state index is 13.9. The molecule has 2 saturated heterocycles. The summed E-state index contributed by atoms with van der Waals surface area (Å²) in [7, 11) is 1.51. The van der Waals surface area contributed by atoms with Crippen LogP contribution in [0.4, 0.5) is 8.78 Å². The van der Waals surface area contributed by atoms with Crippen LogP contribution in [-0.2, 0) is 14.3 Å². The Hall–Kier alpha value is -3.37. The van der Waals surface area contributed by atoms with E-state index in [9.17, 15) is 23.2 Å². The summed E-state index contributed by atoms with van der Waals surface area (Å²) in [5, 5.41) is 2.74. The summed E-state index contributed by atoms with van der Waals surface area (Å²) in [6.07, 6.45) is 0.533. The number of nitrogens with one attached hydrogen (secondary N) is 1. The van der Waals surface area contributed by atoms with Gasteiger partial charge in [0.25, 0.3) is 11.8 Å². The van der Waals surface area contributed by atoms with E-state index in [2.05, 4.69) is 5.32 Å². The van der Waals surface area contributed by atoms with Gasteiger partial charge in [-0.3, -0.25) is 19.3 Å². The SMILES string of the molecule is COCCNC(=O)C1COC2(CCN(C(=O)c3ccc(F)cc3)CC2)N1C(=O)c1cccc(F)c1. The minimum Gasteiger partial charge on any atom is -0.383 e. The Bertz CT molecular complexity index is 1090. The highest BCUT2D eigenvalue weighted by Crippen LogP contribution is 2.38. The average Bonchev–Trinajstić information content (AvgIpc) is 3.22. The van der Waals surface area contributed by atoms with Crippen LogP contribution < -0.4 is 5.32 Å². The lowest BCUT2D eigenvalue weighted by molar-refractivity contribution is -0.128. The third-order valence-electron chi connectivity index (χ3n) is 6.38. The van der Waals surface area contributed by atoms with E-state index in [1.807, 2.05) is 0 Å². The second-order valence-electron chi connectivity index (χ2n) is 8.54. The van der Waals surface area contributed by atoms with Gasteiger partial charge in [0.1, 0.15) is 23.4 Å². The van der Waals surface area contributed by atoms with Crippen molar-refractivity contribution in [3.63, 3.8) is 0 Å². The van der Waals surface area contributed by atoms with E-state index in [4.69, 9.17) is 9.47 Å². The highest BCUT2D eigenvalue weighted by molar-refractivity contribution is 5.98. The maximum Gasteiger partial charge on any atom is 0.256 e. The number of halogens is 2. The van der Waals surface area contributed by atoms with Crippen LogP contribution in [0, 0.1) is 11.6 Å². The Balaban J connectivity index is 1.55. The smallest absolute Gasteiger partial charge is 0.256 e. The van der Waals surface area contributed by atoms with Crippen LogP contribution in [-0.4, -0.2) is 79.2 Å². The van der Waals surface area contributed by atoms with Crippen molar-refractivity contribution in [1.29, 1.82) is 0 Å². The van der Waals surface area contributed by atoms with Crippen molar-refractivity contribution < 1.29 is 32.6 Å². The molecule has 2 aromatic carbocycles. The van der Waals surface area contributed by atoms with Gasteiger partial charge in [-0.05, 0) is 42.5 Å². The number of ether oxygens (including phenoxy) is 2. The lowest BCUT2D eigenvalue weighted by Gasteiger charge is -2.44. The summed E-state index contributed by atoms with van der Waals surface area (Å²) in [6, 6.07) is 9.68. The highest BCUT2D eigenvalue weighted by Gasteiger charge is 2.54. The maximum absolute atomic E-state index is 13.9. The highest BCUT2D eigenvalue weighted by atomic mass is 19.1. The standard InChI is InChI=1S/C25H27F2N3O5/c1-34-14-11-28-22(31)21-16-35-25(30(21)24(33)18-3-2-4-20(27)15-18)9-12-29(13-10-25)23(32)17-5-7-19(26)8-6-17/h2-8,15,21H,9-14,16H2,1H3,(H,28,31). The first-order chi connectivity index (χ1) is 16.8. The van der Waals surface area contributed by atoms with Gasteiger partial charge in [0.15, 0.2) is 0 Å². The second kappa shape index (κ2) is 10.5. The van der Waals surface area contributed by atoms with E-state index in [1.54, 1.807) is 4.90 Å². The molecule has 1 N–H and O–H groups in total. The third-order valence-corrected chi connectivity index (χ3v) is 6.38. The fraction of sp³-hybridized carbons (Fsp3) is 0.400. The Morgan fingerprint density at radius 3 is 2.40 bits per heavy atom. The molecule has 8 nitrogen and oxygen atoms in total. The molecule has 10 heteroatoms. The molecule has 186 valence electrons. The van der Waals surface area contributed by atoms with E-state index in [1.165, 1.54) is 54.5 Å². The number of nitrogens with zero attached hydrogens (tertiary/aromatic N) is 2. The second-order valence-corrected chi connectivity index (χ2v) is 8.54. The number of benzene rings is 2. The number of amides is 3. The van der Waals surface area contributed by atoms with Crippen LogP contribution in [0.25, 0.3) is 0 Å². The van der Waals surface area contributed by atoms with E-state index < -0.39 is 35.2 Å². The van der Waals surface area contributed by atoms with Gasteiger partial charge in [-0.25, -0.2) is 8.78 Å². The first-order valence-electron chi connectivity index (χ1n) is 11.4. The zero-order valence-corrected chi connectivity index (χ0v) is 19.3. The first kappa shape index (κ1) is 24.7. The van der Waals surface area contributed by atoms with E-state index in [-0.39, 0.29) is 50.6 Å². The summed E-state index contributed by atoms with van der Waals surface area (Å²) >= 11 is 0. The molecule has 0 radical (unpaired) electrons. The monoisotopic (exact) mass is 487 g/mol. The number of hydrogen-bond acceptors (Lipinski definition) is 5. The van der Waals surface area contributed by atoms with Crippen molar-refractivity contribution in [3.05, 3.63) is 71.3 Å². The van der Waals surface area contributed by atoms with Crippen LogP contribution in [0.2, 0.25) is 0 Å². The molecule has 2 fully saturated rings. The molecule has 0 aromatic heterocycles. The van der Waals surface area contributed by atoms with Crippen molar-refractivity contribution in [1.82, 2.24) is 15.1 Å². The van der Waals surface area contributed by atoms with Gasteiger partial charge < -0.3 is 19.7 Å².